The van der Waals surface area contributed by atoms with Crippen LogP contribution >= 0.6 is 12.4 Å². The number of hydrogen-bond acceptors (Lipinski definition) is 3. The lowest BCUT2D eigenvalue weighted by atomic mass is 9.76. The van der Waals surface area contributed by atoms with E-state index in [9.17, 15) is 4.79 Å². The first-order valence-electron chi connectivity index (χ1n) is 6.22. The number of benzene rings is 1. The lowest BCUT2D eigenvalue weighted by Crippen LogP contribution is -2.58. The molecule has 1 aliphatic rings. The molecule has 0 bridgehead atoms. The van der Waals surface area contributed by atoms with Crippen LogP contribution in [0.3, 0.4) is 0 Å². The molecule has 0 radical (unpaired) electrons. The van der Waals surface area contributed by atoms with Crippen LogP contribution in [0.5, 0.6) is 5.75 Å². The lowest BCUT2D eigenvalue weighted by Gasteiger charge is -2.39. The van der Waals surface area contributed by atoms with Crippen LogP contribution in [0.2, 0.25) is 0 Å². The Kier molecular flexibility index (Phi) is 5.20. The second-order valence-corrected chi connectivity index (χ2v) is 5.02. The van der Waals surface area contributed by atoms with Crippen LogP contribution in [0.15, 0.2) is 24.3 Å². The number of rotatable bonds is 4. The lowest BCUT2D eigenvalue weighted by molar-refractivity contribution is -0.139. The zero-order chi connectivity index (χ0) is 13.2. The first-order chi connectivity index (χ1) is 8.55. The molecule has 0 heterocycles. The van der Waals surface area contributed by atoms with Gasteiger partial charge in [0, 0.05) is 13.6 Å². The van der Waals surface area contributed by atoms with Crippen molar-refractivity contribution in [1.29, 1.82) is 0 Å². The summed E-state index contributed by atoms with van der Waals surface area (Å²) < 4.78 is 5.17. The fourth-order valence-corrected chi connectivity index (χ4v) is 2.27. The van der Waals surface area contributed by atoms with Gasteiger partial charge in [-0.3, -0.25) is 4.79 Å². The van der Waals surface area contributed by atoms with E-state index < -0.39 is 5.54 Å². The van der Waals surface area contributed by atoms with Gasteiger partial charge >= 0.3 is 0 Å². The molecule has 2 rings (SSSR count). The summed E-state index contributed by atoms with van der Waals surface area (Å²) in [7, 11) is 3.44. The topological polar surface area (TPSA) is 55.6 Å². The molecule has 0 saturated heterocycles. The van der Waals surface area contributed by atoms with Crippen molar-refractivity contribution in [2.45, 2.75) is 31.3 Å². The number of carbonyl (C=O) groups excluding carboxylic acids is 1. The molecular weight excluding hydrogens is 264 g/mol. The Morgan fingerprint density at radius 2 is 2.16 bits per heavy atom. The Morgan fingerprint density at radius 1 is 1.47 bits per heavy atom. The van der Waals surface area contributed by atoms with Crippen LogP contribution in [0, 0.1) is 0 Å². The van der Waals surface area contributed by atoms with E-state index in [2.05, 4.69) is 0 Å². The molecule has 0 aliphatic heterocycles. The Balaban J connectivity index is 0.00000180. The molecule has 4 nitrogen and oxygen atoms in total. The summed E-state index contributed by atoms with van der Waals surface area (Å²) in [6.45, 7) is 0.564. The quantitative estimate of drug-likeness (QED) is 0.919. The summed E-state index contributed by atoms with van der Waals surface area (Å²) in [5, 5.41) is 0. The third-order valence-corrected chi connectivity index (χ3v) is 3.57. The standard InChI is InChI=1S/C14H20N2O2.ClH/c1-16(13(17)14(15)7-4-8-14)10-11-5-3-6-12(9-11)18-2;/h3,5-6,9H,4,7-8,10,15H2,1-2H3;1H. The van der Waals surface area contributed by atoms with Gasteiger partial charge in [0.25, 0.3) is 0 Å². The molecule has 1 aliphatic carbocycles. The average molecular weight is 285 g/mol. The summed E-state index contributed by atoms with van der Waals surface area (Å²) in [6, 6.07) is 7.74. The van der Waals surface area contributed by atoms with Gasteiger partial charge in [0.1, 0.15) is 5.75 Å². The van der Waals surface area contributed by atoms with Crippen molar-refractivity contribution < 1.29 is 9.53 Å². The number of methoxy groups -OCH3 is 1. The summed E-state index contributed by atoms with van der Waals surface area (Å²) >= 11 is 0. The van der Waals surface area contributed by atoms with Crippen LogP contribution in [-0.4, -0.2) is 30.5 Å². The molecule has 1 aromatic rings. The summed E-state index contributed by atoms with van der Waals surface area (Å²) in [5.41, 5.74) is 6.47. The van der Waals surface area contributed by atoms with Gasteiger partial charge in [-0.1, -0.05) is 12.1 Å². The van der Waals surface area contributed by atoms with Crippen molar-refractivity contribution in [1.82, 2.24) is 4.90 Å². The van der Waals surface area contributed by atoms with Crippen molar-refractivity contribution in [3.63, 3.8) is 0 Å². The molecule has 1 amide bonds. The third-order valence-electron chi connectivity index (χ3n) is 3.57. The molecule has 1 fully saturated rings. The Labute approximate surface area is 120 Å². The van der Waals surface area contributed by atoms with Crippen molar-refractivity contribution in [2.24, 2.45) is 5.73 Å². The number of amides is 1. The average Bonchev–Trinajstić information content (AvgIpc) is 2.35. The van der Waals surface area contributed by atoms with Crippen molar-refractivity contribution >= 4 is 18.3 Å². The van der Waals surface area contributed by atoms with Gasteiger partial charge in [0.2, 0.25) is 5.91 Å². The molecule has 0 atom stereocenters. The van der Waals surface area contributed by atoms with E-state index in [4.69, 9.17) is 10.5 Å². The maximum atomic E-state index is 12.2. The minimum absolute atomic E-state index is 0. The first-order valence-corrected chi connectivity index (χ1v) is 6.22. The number of hydrogen-bond donors (Lipinski definition) is 1. The van der Waals surface area contributed by atoms with Gasteiger partial charge in [-0.25, -0.2) is 0 Å². The molecule has 1 aromatic carbocycles. The van der Waals surface area contributed by atoms with Gasteiger partial charge in [-0.2, -0.15) is 0 Å². The number of ether oxygens (including phenoxy) is 1. The van der Waals surface area contributed by atoms with E-state index in [0.29, 0.717) is 6.54 Å². The predicted molar refractivity (Wildman–Crippen MR) is 77.5 cm³/mol. The zero-order valence-electron chi connectivity index (χ0n) is 11.4. The van der Waals surface area contributed by atoms with Crippen molar-refractivity contribution in [3.05, 3.63) is 29.8 Å². The summed E-state index contributed by atoms with van der Waals surface area (Å²) in [4.78, 5) is 13.9. The van der Waals surface area contributed by atoms with Gasteiger partial charge < -0.3 is 15.4 Å². The largest absolute Gasteiger partial charge is 0.497 e. The molecule has 1 saturated carbocycles. The fourth-order valence-electron chi connectivity index (χ4n) is 2.27. The molecule has 19 heavy (non-hydrogen) atoms. The molecule has 0 aromatic heterocycles. The van der Waals surface area contributed by atoms with E-state index >= 15 is 0 Å². The van der Waals surface area contributed by atoms with Gasteiger partial charge in [-0.05, 0) is 37.0 Å². The molecule has 0 spiro atoms. The monoisotopic (exact) mass is 284 g/mol. The fraction of sp³-hybridized carbons (Fsp3) is 0.500. The van der Waals surface area contributed by atoms with Crippen LogP contribution in [0.1, 0.15) is 24.8 Å². The van der Waals surface area contributed by atoms with E-state index in [-0.39, 0.29) is 18.3 Å². The van der Waals surface area contributed by atoms with E-state index in [0.717, 1.165) is 30.6 Å². The Hall–Kier alpha value is -1.26. The van der Waals surface area contributed by atoms with Crippen molar-refractivity contribution in [2.75, 3.05) is 14.2 Å². The molecule has 106 valence electrons. The Bertz CT molecular complexity index is 447. The highest BCUT2D eigenvalue weighted by atomic mass is 35.5. The zero-order valence-corrected chi connectivity index (χ0v) is 12.2. The number of nitrogens with two attached hydrogens (primary N) is 1. The molecule has 5 heteroatoms. The van der Waals surface area contributed by atoms with Crippen LogP contribution in [0.25, 0.3) is 0 Å². The molecule has 0 unspecified atom stereocenters. The number of carbonyl (C=O) groups is 1. The predicted octanol–water partition coefficient (Wildman–Crippen LogP) is 1.96. The molecular formula is C14H21ClN2O2. The first kappa shape index (κ1) is 15.8. The number of halogens is 1. The van der Waals surface area contributed by atoms with E-state index in [1.807, 2.05) is 24.3 Å². The third kappa shape index (κ3) is 3.39. The highest BCUT2D eigenvalue weighted by molar-refractivity contribution is 5.86. The van der Waals surface area contributed by atoms with Gasteiger partial charge in [0.05, 0.1) is 12.6 Å². The maximum absolute atomic E-state index is 12.2. The highest BCUT2D eigenvalue weighted by Crippen LogP contribution is 2.31. The minimum Gasteiger partial charge on any atom is -0.497 e. The van der Waals surface area contributed by atoms with Crippen LogP contribution in [0.4, 0.5) is 0 Å². The van der Waals surface area contributed by atoms with Crippen LogP contribution in [-0.2, 0) is 11.3 Å². The van der Waals surface area contributed by atoms with Crippen LogP contribution < -0.4 is 10.5 Å². The van der Waals surface area contributed by atoms with Gasteiger partial charge in [-0.15, -0.1) is 12.4 Å². The van der Waals surface area contributed by atoms with E-state index in [1.165, 1.54) is 0 Å². The molecule has 2 N–H and O–H groups in total. The minimum atomic E-state index is -0.617. The summed E-state index contributed by atoms with van der Waals surface area (Å²) in [5.74, 6) is 0.844. The second kappa shape index (κ2) is 6.26. The highest BCUT2D eigenvalue weighted by Gasteiger charge is 2.41. The summed E-state index contributed by atoms with van der Waals surface area (Å²) in [6.07, 6.45) is 2.65. The van der Waals surface area contributed by atoms with E-state index in [1.54, 1.807) is 19.1 Å². The van der Waals surface area contributed by atoms with Crippen molar-refractivity contribution in [3.8, 4) is 5.75 Å². The number of likely N-dealkylation sites (N-methyl/N-ethyl adjacent to an activating group) is 1. The van der Waals surface area contributed by atoms with Gasteiger partial charge in [0.15, 0.2) is 0 Å². The second-order valence-electron chi connectivity index (χ2n) is 5.02. The number of nitrogens with zero attached hydrogens (tertiary/aromatic N) is 1. The SMILES string of the molecule is COc1cccc(CN(C)C(=O)C2(N)CCC2)c1.Cl. The Morgan fingerprint density at radius 3 is 2.68 bits per heavy atom. The maximum Gasteiger partial charge on any atom is 0.242 e. The smallest absolute Gasteiger partial charge is 0.242 e. The normalized spacial score (nSPS) is 15.9.